The van der Waals surface area contributed by atoms with E-state index in [4.69, 9.17) is 10.5 Å². The third-order valence-corrected chi connectivity index (χ3v) is 4.83. The Morgan fingerprint density at radius 2 is 1.83 bits per heavy atom. The number of Topliss-reactive ketones (excluding diaryl/α,β-unsaturated/α-hetero) is 1. The van der Waals surface area contributed by atoms with Crippen LogP contribution in [0.2, 0.25) is 0 Å². The van der Waals surface area contributed by atoms with Gasteiger partial charge in [0.05, 0.1) is 5.56 Å². The van der Waals surface area contributed by atoms with Gasteiger partial charge >= 0.3 is 0 Å². The van der Waals surface area contributed by atoms with Gasteiger partial charge in [0.15, 0.2) is 0 Å². The Morgan fingerprint density at radius 3 is 2.50 bits per heavy atom. The molecule has 0 saturated heterocycles. The van der Waals surface area contributed by atoms with Crippen LogP contribution in [0.1, 0.15) is 46.8 Å². The molecule has 2 unspecified atom stereocenters. The molecule has 1 aliphatic carbocycles. The van der Waals surface area contributed by atoms with Gasteiger partial charge in [0, 0.05) is 33.9 Å². The molecule has 2 aromatic carbocycles. The van der Waals surface area contributed by atoms with Crippen LogP contribution in [-0.2, 0) is 28.5 Å². The quantitative estimate of drug-likeness (QED) is 0.530. The zero-order chi connectivity index (χ0) is 16.6. The molecule has 0 spiro atoms. The van der Waals surface area contributed by atoms with Gasteiger partial charge in [0.2, 0.25) is 11.4 Å². The van der Waals surface area contributed by atoms with Gasteiger partial charge in [-0.05, 0) is 23.6 Å². The maximum Gasteiger partial charge on any atom is 0.276 e. The number of carbonyl (C=O) groups is 1. The molecule has 1 aliphatic heterocycles. The van der Waals surface area contributed by atoms with E-state index < -0.39 is 17.2 Å². The SMILES string of the molecule is CC(C)c1ccc2c(c1)OC1(O)c3cccc(N)c3C(=O)C21O.[Fe]. The number of benzene rings is 2. The van der Waals surface area contributed by atoms with E-state index in [1.165, 1.54) is 0 Å². The molecule has 0 amide bonds. The largest absolute Gasteiger partial charge is 0.454 e. The molecule has 4 rings (SSSR count). The molecule has 24 heavy (non-hydrogen) atoms. The van der Waals surface area contributed by atoms with E-state index in [0.717, 1.165) is 5.56 Å². The van der Waals surface area contributed by atoms with Gasteiger partial charge in [0.1, 0.15) is 5.75 Å². The van der Waals surface area contributed by atoms with Crippen LogP contribution in [-0.4, -0.2) is 16.0 Å². The molecule has 4 N–H and O–H groups in total. The first kappa shape index (κ1) is 17.0. The third-order valence-electron chi connectivity index (χ3n) is 4.83. The molecule has 0 fully saturated rings. The van der Waals surface area contributed by atoms with Crippen molar-refractivity contribution in [3.63, 3.8) is 0 Å². The molecule has 1 heterocycles. The minimum absolute atomic E-state index is 0. The molecule has 2 aliphatic rings. The fourth-order valence-electron chi connectivity index (χ4n) is 3.51. The van der Waals surface area contributed by atoms with Crippen molar-refractivity contribution >= 4 is 11.5 Å². The number of hydrogen-bond donors (Lipinski definition) is 3. The Balaban J connectivity index is 0.00000169. The summed E-state index contributed by atoms with van der Waals surface area (Å²) in [5.41, 5.74) is 5.50. The first-order valence-corrected chi connectivity index (χ1v) is 7.52. The minimum Gasteiger partial charge on any atom is -0.454 e. The van der Waals surface area contributed by atoms with Crippen LogP contribution in [0.25, 0.3) is 0 Å². The van der Waals surface area contributed by atoms with Crippen LogP contribution in [0.15, 0.2) is 36.4 Å². The zero-order valence-electron chi connectivity index (χ0n) is 13.2. The zero-order valence-corrected chi connectivity index (χ0v) is 14.3. The van der Waals surface area contributed by atoms with Gasteiger partial charge in [-0.3, -0.25) is 4.79 Å². The smallest absolute Gasteiger partial charge is 0.276 e. The standard InChI is InChI=1S/C18H17NO4.Fe/c1-9(2)10-6-7-11-14(8-10)23-18(22)12-4-3-5-13(19)15(12)16(20)17(11,18)21;/h3-9,21-22H,19H2,1-2H3;. The van der Waals surface area contributed by atoms with E-state index >= 15 is 0 Å². The van der Waals surface area contributed by atoms with Crippen molar-refractivity contribution in [3.05, 3.63) is 58.7 Å². The van der Waals surface area contributed by atoms with Gasteiger partial charge in [-0.2, -0.15) is 0 Å². The first-order chi connectivity index (χ1) is 10.8. The summed E-state index contributed by atoms with van der Waals surface area (Å²) in [7, 11) is 0. The van der Waals surface area contributed by atoms with Crippen molar-refractivity contribution in [2.45, 2.75) is 31.2 Å². The van der Waals surface area contributed by atoms with E-state index in [0.29, 0.717) is 5.75 Å². The van der Waals surface area contributed by atoms with E-state index in [-0.39, 0.29) is 45.4 Å². The van der Waals surface area contributed by atoms with Crippen LogP contribution in [0.3, 0.4) is 0 Å². The number of nitrogens with two attached hydrogens (primary N) is 1. The molecular formula is C18H17FeNO4. The monoisotopic (exact) mass is 367 g/mol. The third kappa shape index (κ3) is 1.74. The van der Waals surface area contributed by atoms with Crippen molar-refractivity contribution in [2.24, 2.45) is 0 Å². The molecule has 126 valence electrons. The van der Waals surface area contributed by atoms with Gasteiger partial charge < -0.3 is 20.7 Å². The summed E-state index contributed by atoms with van der Waals surface area (Å²) in [5, 5.41) is 22.1. The second-order valence-electron chi connectivity index (χ2n) is 6.47. The number of rotatable bonds is 1. The summed E-state index contributed by atoms with van der Waals surface area (Å²) in [6, 6.07) is 9.97. The summed E-state index contributed by atoms with van der Waals surface area (Å²) < 4.78 is 5.69. The predicted molar refractivity (Wildman–Crippen MR) is 84.1 cm³/mol. The van der Waals surface area contributed by atoms with Crippen LogP contribution >= 0.6 is 0 Å². The van der Waals surface area contributed by atoms with E-state index in [1.807, 2.05) is 19.9 Å². The van der Waals surface area contributed by atoms with Crippen LogP contribution < -0.4 is 10.5 Å². The van der Waals surface area contributed by atoms with Crippen LogP contribution in [0.4, 0.5) is 5.69 Å². The van der Waals surface area contributed by atoms with Crippen molar-refractivity contribution in [2.75, 3.05) is 5.73 Å². The second-order valence-corrected chi connectivity index (χ2v) is 6.47. The summed E-state index contributed by atoms with van der Waals surface area (Å²) in [6.07, 6.45) is 0. The van der Waals surface area contributed by atoms with Crippen LogP contribution in [0, 0.1) is 0 Å². The molecule has 0 bridgehead atoms. The summed E-state index contributed by atoms with van der Waals surface area (Å²) >= 11 is 0. The number of ether oxygens (including phenoxy) is 1. The van der Waals surface area contributed by atoms with Crippen molar-refractivity contribution in [3.8, 4) is 5.75 Å². The van der Waals surface area contributed by atoms with Gasteiger partial charge in [-0.1, -0.05) is 38.1 Å². The second kappa shape index (κ2) is 5.07. The number of ketones is 1. The Bertz CT molecular complexity index is 866. The van der Waals surface area contributed by atoms with E-state index in [1.54, 1.807) is 30.3 Å². The molecule has 0 saturated carbocycles. The molecule has 0 radical (unpaired) electrons. The van der Waals surface area contributed by atoms with Crippen molar-refractivity contribution in [1.82, 2.24) is 0 Å². The van der Waals surface area contributed by atoms with Crippen LogP contribution in [0.5, 0.6) is 5.75 Å². The number of carbonyl (C=O) groups excluding carboxylic acids is 1. The summed E-state index contributed by atoms with van der Waals surface area (Å²) in [4.78, 5) is 12.8. The molecule has 5 nitrogen and oxygen atoms in total. The number of nitrogen functional groups attached to an aromatic ring is 1. The first-order valence-electron chi connectivity index (χ1n) is 7.52. The maximum absolute atomic E-state index is 12.8. The average molecular weight is 367 g/mol. The normalized spacial score (nSPS) is 26.5. The molecule has 0 aromatic heterocycles. The number of anilines is 1. The summed E-state index contributed by atoms with van der Waals surface area (Å²) in [6.45, 7) is 4.06. The number of aliphatic hydroxyl groups is 2. The van der Waals surface area contributed by atoms with Crippen molar-refractivity contribution in [1.29, 1.82) is 0 Å². The predicted octanol–water partition coefficient (Wildman–Crippen LogP) is 2.01. The maximum atomic E-state index is 12.8. The van der Waals surface area contributed by atoms with Gasteiger partial charge in [-0.15, -0.1) is 0 Å². The fraction of sp³-hybridized carbons (Fsp3) is 0.278. The average Bonchev–Trinajstić information content (AvgIpc) is 2.84. The topological polar surface area (TPSA) is 92.8 Å². The summed E-state index contributed by atoms with van der Waals surface area (Å²) in [5.74, 6) is -2.20. The molecule has 2 aromatic rings. The van der Waals surface area contributed by atoms with Gasteiger partial charge in [-0.25, -0.2) is 0 Å². The number of fused-ring (bicyclic) bond motifs is 5. The molecule has 2 atom stereocenters. The Hall–Kier alpha value is -1.85. The Labute approximate surface area is 149 Å². The van der Waals surface area contributed by atoms with E-state index in [2.05, 4.69) is 0 Å². The molecular weight excluding hydrogens is 350 g/mol. The van der Waals surface area contributed by atoms with Crippen molar-refractivity contribution < 1.29 is 36.8 Å². The minimum atomic E-state index is -2.17. The van der Waals surface area contributed by atoms with E-state index in [9.17, 15) is 15.0 Å². The molecule has 6 heteroatoms. The Kier molecular flexibility index (Phi) is 3.59. The Morgan fingerprint density at radius 1 is 1.12 bits per heavy atom. The number of hydrogen-bond acceptors (Lipinski definition) is 5. The van der Waals surface area contributed by atoms with Gasteiger partial charge in [0.25, 0.3) is 5.79 Å². The fourth-order valence-corrected chi connectivity index (χ4v) is 3.51.